The molecule has 0 fully saturated rings. The molecule has 2 amide bonds. The summed E-state index contributed by atoms with van der Waals surface area (Å²) in [5, 5.41) is 3.41. The highest BCUT2D eigenvalue weighted by molar-refractivity contribution is 6.32. The van der Waals surface area contributed by atoms with Gasteiger partial charge in [0.1, 0.15) is 11.8 Å². The first kappa shape index (κ1) is 25.3. The maximum atomic E-state index is 13.5. The Morgan fingerprint density at radius 2 is 1.59 bits per heavy atom. The van der Waals surface area contributed by atoms with Crippen LogP contribution in [-0.2, 0) is 22.6 Å². The Kier molecular flexibility index (Phi) is 8.72. The van der Waals surface area contributed by atoms with Crippen molar-refractivity contribution < 1.29 is 14.3 Å². The largest absolute Gasteiger partial charge is 0.484 e. The van der Waals surface area contributed by atoms with E-state index in [4.69, 9.17) is 16.3 Å². The summed E-state index contributed by atoms with van der Waals surface area (Å²) in [4.78, 5) is 28.1. The fourth-order valence-electron chi connectivity index (χ4n) is 3.95. The molecule has 0 saturated heterocycles. The first-order valence-electron chi connectivity index (χ1n) is 11.3. The van der Waals surface area contributed by atoms with Gasteiger partial charge in [0.25, 0.3) is 5.91 Å². The lowest BCUT2D eigenvalue weighted by molar-refractivity contribution is -0.142. The molecule has 1 atom stereocenters. The molecule has 0 aliphatic heterocycles. The maximum absolute atomic E-state index is 13.5. The van der Waals surface area contributed by atoms with E-state index in [0.29, 0.717) is 23.7 Å². The summed E-state index contributed by atoms with van der Waals surface area (Å²) in [7, 11) is 1.59. The van der Waals surface area contributed by atoms with Crippen molar-refractivity contribution in [2.45, 2.75) is 39.8 Å². The molecule has 0 unspecified atom stereocenters. The van der Waals surface area contributed by atoms with Crippen LogP contribution in [0.3, 0.4) is 0 Å². The van der Waals surface area contributed by atoms with Crippen LogP contribution in [0.1, 0.15) is 27.8 Å². The second kappa shape index (κ2) is 11.7. The number of nitrogens with one attached hydrogen (secondary N) is 1. The summed E-state index contributed by atoms with van der Waals surface area (Å²) in [6, 6.07) is 20.6. The molecule has 34 heavy (non-hydrogen) atoms. The SMILES string of the molecule is CNC(=O)[C@@H](Cc1ccccc1)N(Cc1cccc(C)c1)C(=O)COc1cc(C)c(Cl)c(C)c1. The highest BCUT2D eigenvalue weighted by Gasteiger charge is 2.30. The molecule has 0 heterocycles. The molecule has 0 spiro atoms. The van der Waals surface area contributed by atoms with Crippen molar-refractivity contribution in [1.82, 2.24) is 10.2 Å². The standard InChI is InChI=1S/C28H31ClN2O3/c1-19-9-8-12-23(13-19)17-31(25(28(33)30-4)16-22-10-6-5-7-11-22)26(32)18-34-24-14-20(2)27(29)21(3)15-24/h5-15,25H,16-18H2,1-4H3,(H,30,33)/t25-/m1/s1. The number of rotatable bonds is 9. The molecule has 1 N–H and O–H groups in total. The van der Waals surface area contributed by atoms with Gasteiger partial charge in [0.2, 0.25) is 5.91 Å². The Morgan fingerprint density at radius 3 is 2.21 bits per heavy atom. The zero-order valence-electron chi connectivity index (χ0n) is 20.1. The van der Waals surface area contributed by atoms with Crippen LogP contribution in [0.15, 0.2) is 66.7 Å². The highest BCUT2D eigenvalue weighted by atomic mass is 35.5. The van der Waals surface area contributed by atoms with Crippen LogP contribution in [0.5, 0.6) is 5.75 Å². The van der Waals surface area contributed by atoms with Crippen molar-refractivity contribution in [1.29, 1.82) is 0 Å². The predicted octanol–water partition coefficient (Wildman–Crippen LogP) is 5.03. The summed E-state index contributed by atoms with van der Waals surface area (Å²) in [5.41, 5.74) is 4.78. The predicted molar refractivity (Wildman–Crippen MR) is 136 cm³/mol. The van der Waals surface area contributed by atoms with Crippen LogP contribution in [0, 0.1) is 20.8 Å². The van der Waals surface area contributed by atoms with E-state index >= 15 is 0 Å². The summed E-state index contributed by atoms with van der Waals surface area (Å²) in [5.74, 6) is 0.0853. The van der Waals surface area contributed by atoms with Gasteiger partial charge in [-0.2, -0.15) is 0 Å². The number of carbonyl (C=O) groups is 2. The van der Waals surface area contributed by atoms with E-state index in [1.54, 1.807) is 11.9 Å². The number of ether oxygens (including phenoxy) is 1. The van der Waals surface area contributed by atoms with Gasteiger partial charge in [-0.25, -0.2) is 0 Å². The number of likely N-dealkylation sites (N-methyl/N-ethyl adjacent to an activating group) is 1. The number of benzene rings is 3. The summed E-state index contributed by atoms with van der Waals surface area (Å²) >= 11 is 6.26. The van der Waals surface area contributed by atoms with E-state index in [0.717, 1.165) is 27.8 Å². The molecule has 178 valence electrons. The third-order valence-corrected chi connectivity index (χ3v) is 6.32. The Hall–Kier alpha value is -3.31. The minimum atomic E-state index is -0.683. The van der Waals surface area contributed by atoms with Crippen LogP contribution in [0.4, 0.5) is 0 Å². The highest BCUT2D eigenvalue weighted by Crippen LogP contribution is 2.26. The smallest absolute Gasteiger partial charge is 0.261 e. The Morgan fingerprint density at radius 1 is 0.941 bits per heavy atom. The lowest BCUT2D eigenvalue weighted by Crippen LogP contribution is -2.51. The molecule has 3 aromatic carbocycles. The first-order valence-corrected chi connectivity index (χ1v) is 11.7. The molecule has 3 aromatic rings. The monoisotopic (exact) mass is 478 g/mol. The molecule has 0 aliphatic carbocycles. The molecule has 0 saturated carbocycles. The van der Waals surface area contributed by atoms with Crippen molar-refractivity contribution >= 4 is 23.4 Å². The van der Waals surface area contributed by atoms with Gasteiger partial charge in [-0.3, -0.25) is 9.59 Å². The van der Waals surface area contributed by atoms with E-state index in [9.17, 15) is 9.59 Å². The maximum Gasteiger partial charge on any atom is 0.261 e. The van der Waals surface area contributed by atoms with Crippen LogP contribution in [0.2, 0.25) is 5.02 Å². The van der Waals surface area contributed by atoms with Gasteiger partial charge < -0.3 is 15.0 Å². The lowest BCUT2D eigenvalue weighted by Gasteiger charge is -2.31. The van der Waals surface area contributed by atoms with Crippen LogP contribution in [0.25, 0.3) is 0 Å². The third-order valence-electron chi connectivity index (χ3n) is 5.73. The van der Waals surface area contributed by atoms with Gasteiger partial charge in [-0.1, -0.05) is 71.8 Å². The van der Waals surface area contributed by atoms with Crippen LogP contribution < -0.4 is 10.1 Å². The van der Waals surface area contributed by atoms with Gasteiger partial charge in [0.05, 0.1) is 0 Å². The molecule has 3 rings (SSSR count). The first-order chi connectivity index (χ1) is 16.3. The number of hydrogen-bond acceptors (Lipinski definition) is 3. The zero-order valence-corrected chi connectivity index (χ0v) is 20.9. The van der Waals surface area contributed by atoms with Gasteiger partial charge in [0.15, 0.2) is 6.61 Å². The molecular formula is C28H31ClN2O3. The van der Waals surface area contributed by atoms with E-state index in [1.165, 1.54) is 0 Å². The van der Waals surface area contributed by atoms with Crippen LogP contribution >= 0.6 is 11.6 Å². The zero-order chi connectivity index (χ0) is 24.7. The van der Waals surface area contributed by atoms with Crippen molar-refractivity contribution in [2.75, 3.05) is 13.7 Å². The van der Waals surface area contributed by atoms with Crippen molar-refractivity contribution in [3.8, 4) is 5.75 Å². The average Bonchev–Trinajstić information content (AvgIpc) is 2.83. The fraction of sp³-hybridized carbons (Fsp3) is 0.286. The average molecular weight is 479 g/mol. The van der Waals surface area contributed by atoms with E-state index in [-0.39, 0.29) is 18.4 Å². The summed E-state index contributed by atoms with van der Waals surface area (Å²) in [6.45, 7) is 5.91. The molecular weight excluding hydrogens is 448 g/mol. The molecule has 5 nitrogen and oxygen atoms in total. The minimum Gasteiger partial charge on any atom is -0.484 e. The quantitative estimate of drug-likeness (QED) is 0.469. The van der Waals surface area contributed by atoms with Gasteiger partial charge >= 0.3 is 0 Å². The molecule has 0 aromatic heterocycles. The molecule has 0 radical (unpaired) electrons. The van der Waals surface area contributed by atoms with Gasteiger partial charge in [-0.05, 0) is 55.2 Å². The Balaban J connectivity index is 1.89. The van der Waals surface area contributed by atoms with Crippen molar-refractivity contribution in [2.24, 2.45) is 0 Å². The topological polar surface area (TPSA) is 58.6 Å². The molecule has 6 heteroatoms. The number of nitrogens with zero attached hydrogens (tertiary/aromatic N) is 1. The molecule has 0 aliphatic rings. The van der Waals surface area contributed by atoms with Crippen molar-refractivity contribution in [3.05, 3.63) is 99.6 Å². The van der Waals surface area contributed by atoms with Crippen molar-refractivity contribution in [3.63, 3.8) is 0 Å². The van der Waals surface area contributed by atoms with E-state index < -0.39 is 6.04 Å². The number of amides is 2. The second-order valence-electron chi connectivity index (χ2n) is 8.49. The summed E-state index contributed by atoms with van der Waals surface area (Å²) in [6.07, 6.45) is 0.400. The minimum absolute atomic E-state index is 0.186. The lowest BCUT2D eigenvalue weighted by atomic mass is 10.0. The van der Waals surface area contributed by atoms with E-state index in [2.05, 4.69) is 5.32 Å². The number of hydrogen-bond donors (Lipinski definition) is 1. The van der Waals surface area contributed by atoms with Gasteiger partial charge in [0, 0.05) is 25.0 Å². The van der Waals surface area contributed by atoms with E-state index in [1.807, 2.05) is 87.5 Å². The normalized spacial score (nSPS) is 11.6. The number of carbonyl (C=O) groups excluding carboxylic acids is 2. The Labute approximate surface area is 206 Å². The summed E-state index contributed by atoms with van der Waals surface area (Å²) < 4.78 is 5.86. The fourth-order valence-corrected chi connectivity index (χ4v) is 4.05. The van der Waals surface area contributed by atoms with Crippen LogP contribution in [-0.4, -0.2) is 36.4 Å². The van der Waals surface area contributed by atoms with Gasteiger partial charge in [-0.15, -0.1) is 0 Å². The second-order valence-corrected chi connectivity index (χ2v) is 8.87. The third kappa shape index (κ3) is 6.61. The number of halogens is 1. The Bertz CT molecular complexity index is 1120. The number of aryl methyl sites for hydroxylation is 3. The molecule has 0 bridgehead atoms.